The van der Waals surface area contributed by atoms with Crippen molar-refractivity contribution in [2.24, 2.45) is 0 Å². The number of fused-ring (bicyclic) bond motifs is 1. The standard InChI is InChI=1S/C19H19N7/c20-11-12-1-3-13(4-2-12)16-6-5-15-17(21)25-19(26-18(15)24-16)23-14-7-9-22-10-8-14/h1-6,14,22H,7-10H2,(H3,21,23,24,25,26). The van der Waals surface area contributed by atoms with Crippen molar-refractivity contribution >= 4 is 22.8 Å². The van der Waals surface area contributed by atoms with Gasteiger partial charge in [-0.2, -0.15) is 15.2 Å². The molecular formula is C19H19N7. The van der Waals surface area contributed by atoms with Gasteiger partial charge in [0.15, 0.2) is 5.65 Å². The minimum Gasteiger partial charge on any atom is -0.383 e. The Hall–Kier alpha value is -3.24. The van der Waals surface area contributed by atoms with Crippen LogP contribution in [-0.2, 0) is 0 Å². The summed E-state index contributed by atoms with van der Waals surface area (Å²) in [6.45, 7) is 1.98. The first-order chi connectivity index (χ1) is 12.7. The maximum absolute atomic E-state index is 8.93. The number of hydrogen-bond acceptors (Lipinski definition) is 7. The van der Waals surface area contributed by atoms with Crippen molar-refractivity contribution in [3.63, 3.8) is 0 Å². The normalized spacial score (nSPS) is 14.9. The smallest absolute Gasteiger partial charge is 0.226 e. The fraction of sp³-hybridized carbons (Fsp3) is 0.263. The molecule has 0 atom stereocenters. The zero-order chi connectivity index (χ0) is 17.9. The van der Waals surface area contributed by atoms with Crippen LogP contribution in [0.5, 0.6) is 0 Å². The van der Waals surface area contributed by atoms with Gasteiger partial charge < -0.3 is 16.4 Å². The summed E-state index contributed by atoms with van der Waals surface area (Å²) in [5, 5.41) is 16.4. The molecule has 0 aliphatic carbocycles. The summed E-state index contributed by atoms with van der Waals surface area (Å²) in [7, 11) is 0. The molecule has 3 heterocycles. The number of nitrogens with two attached hydrogens (primary N) is 1. The van der Waals surface area contributed by atoms with Crippen LogP contribution in [0.15, 0.2) is 36.4 Å². The number of benzene rings is 1. The first-order valence-electron chi connectivity index (χ1n) is 8.65. The molecule has 26 heavy (non-hydrogen) atoms. The Morgan fingerprint density at radius 1 is 1.04 bits per heavy atom. The lowest BCUT2D eigenvalue weighted by molar-refractivity contribution is 0.477. The Kier molecular flexibility index (Phi) is 4.33. The van der Waals surface area contributed by atoms with Crippen molar-refractivity contribution in [1.29, 1.82) is 5.26 Å². The maximum Gasteiger partial charge on any atom is 0.226 e. The zero-order valence-electron chi connectivity index (χ0n) is 14.2. The number of rotatable bonds is 3. The Balaban J connectivity index is 1.68. The molecule has 130 valence electrons. The Bertz CT molecular complexity index is 970. The Labute approximate surface area is 151 Å². The quantitative estimate of drug-likeness (QED) is 0.667. The number of aromatic nitrogens is 3. The molecule has 0 amide bonds. The van der Waals surface area contributed by atoms with Crippen LogP contribution in [0, 0.1) is 11.3 Å². The second-order valence-electron chi connectivity index (χ2n) is 6.36. The third-order valence-corrected chi connectivity index (χ3v) is 4.57. The third kappa shape index (κ3) is 3.27. The molecule has 0 radical (unpaired) electrons. The monoisotopic (exact) mass is 345 g/mol. The van der Waals surface area contributed by atoms with Gasteiger partial charge in [0.2, 0.25) is 5.95 Å². The summed E-state index contributed by atoms with van der Waals surface area (Å²) in [6, 6.07) is 13.6. The van der Waals surface area contributed by atoms with E-state index >= 15 is 0 Å². The van der Waals surface area contributed by atoms with E-state index < -0.39 is 0 Å². The molecular weight excluding hydrogens is 326 g/mol. The number of nitrogens with one attached hydrogen (secondary N) is 2. The lowest BCUT2D eigenvalue weighted by Crippen LogP contribution is -2.35. The number of anilines is 2. The van der Waals surface area contributed by atoms with Gasteiger partial charge in [-0.3, -0.25) is 0 Å². The van der Waals surface area contributed by atoms with Gasteiger partial charge in [-0.05, 0) is 50.2 Å². The molecule has 0 spiro atoms. The molecule has 4 rings (SSSR count). The Morgan fingerprint density at radius 2 is 1.81 bits per heavy atom. The number of nitrogens with zero attached hydrogens (tertiary/aromatic N) is 4. The zero-order valence-corrected chi connectivity index (χ0v) is 14.2. The average Bonchev–Trinajstić information content (AvgIpc) is 2.68. The van der Waals surface area contributed by atoms with Gasteiger partial charge in [0.05, 0.1) is 22.7 Å². The van der Waals surface area contributed by atoms with Crippen molar-refractivity contribution in [2.75, 3.05) is 24.1 Å². The molecule has 0 unspecified atom stereocenters. The first kappa shape index (κ1) is 16.2. The van der Waals surface area contributed by atoms with Crippen molar-refractivity contribution in [1.82, 2.24) is 20.3 Å². The summed E-state index contributed by atoms with van der Waals surface area (Å²) in [4.78, 5) is 13.6. The molecule has 3 aromatic rings. The van der Waals surface area contributed by atoms with E-state index in [4.69, 9.17) is 11.0 Å². The first-order valence-corrected chi connectivity index (χ1v) is 8.65. The van der Waals surface area contributed by atoms with Crippen molar-refractivity contribution in [2.45, 2.75) is 18.9 Å². The summed E-state index contributed by atoms with van der Waals surface area (Å²) < 4.78 is 0. The van der Waals surface area contributed by atoms with Crippen molar-refractivity contribution in [3.8, 4) is 17.3 Å². The van der Waals surface area contributed by atoms with Crippen molar-refractivity contribution < 1.29 is 0 Å². The van der Waals surface area contributed by atoms with Gasteiger partial charge in [0.25, 0.3) is 0 Å². The van der Waals surface area contributed by atoms with E-state index in [1.165, 1.54) is 0 Å². The van der Waals surface area contributed by atoms with Crippen LogP contribution >= 0.6 is 0 Å². The number of nitriles is 1. The maximum atomic E-state index is 8.93. The number of nitrogen functional groups attached to an aromatic ring is 1. The van der Waals surface area contributed by atoms with E-state index in [1.807, 2.05) is 24.3 Å². The highest BCUT2D eigenvalue weighted by Gasteiger charge is 2.15. The van der Waals surface area contributed by atoms with Gasteiger partial charge in [-0.25, -0.2) is 4.98 Å². The van der Waals surface area contributed by atoms with Gasteiger partial charge in [-0.1, -0.05) is 12.1 Å². The lowest BCUT2D eigenvalue weighted by Gasteiger charge is -2.23. The van der Waals surface area contributed by atoms with E-state index in [0.717, 1.165) is 42.6 Å². The fourth-order valence-corrected chi connectivity index (χ4v) is 3.12. The van der Waals surface area contributed by atoms with Gasteiger partial charge in [0.1, 0.15) is 5.82 Å². The molecule has 1 fully saturated rings. The molecule has 0 saturated carbocycles. The van der Waals surface area contributed by atoms with E-state index in [1.54, 1.807) is 12.1 Å². The molecule has 2 aromatic heterocycles. The minimum absolute atomic E-state index is 0.342. The molecule has 1 aliphatic heterocycles. The van der Waals surface area contributed by atoms with E-state index in [2.05, 4.69) is 31.7 Å². The van der Waals surface area contributed by atoms with E-state index in [-0.39, 0.29) is 0 Å². The molecule has 7 heteroatoms. The average molecular weight is 345 g/mol. The van der Waals surface area contributed by atoms with Crippen LogP contribution < -0.4 is 16.4 Å². The third-order valence-electron chi connectivity index (χ3n) is 4.57. The molecule has 1 aromatic carbocycles. The highest BCUT2D eigenvalue weighted by molar-refractivity contribution is 5.88. The summed E-state index contributed by atoms with van der Waals surface area (Å²) in [5.74, 6) is 0.941. The highest BCUT2D eigenvalue weighted by Crippen LogP contribution is 2.24. The predicted molar refractivity (Wildman–Crippen MR) is 101 cm³/mol. The van der Waals surface area contributed by atoms with Crippen LogP contribution in [0.25, 0.3) is 22.3 Å². The van der Waals surface area contributed by atoms with Crippen LogP contribution in [0.1, 0.15) is 18.4 Å². The van der Waals surface area contributed by atoms with Crippen LogP contribution in [0.4, 0.5) is 11.8 Å². The number of pyridine rings is 1. The van der Waals surface area contributed by atoms with Gasteiger partial charge in [-0.15, -0.1) is 0 Å². The van der Waals surface area contributed by atoms with Crippen molar-refractivity contribution in [3.05, 3.63) is 42.0 Å². The Morgan fingerprint density at radius 3 is 2.54 bits per heavy atom. The second kappa shape index (κ2) is 6.94. The van der Waals surface area contributed by atoms with E-state index in [9.17, 15) is 0 Å². The van der Waals surface area contributed by atoms with Crippen LogP contribution in [0.2, 0.25) is 0 Å². The lowest BCUT2D eigenvalue weighted by atomic mass is 10.1. The summed E-state index contributed by atoms with van der Waals surface area (Å²) in [6.07, 6.45) is 2.06. The highest BCUT2D eigenvalue weighted by atomic mass is 15.2. The molecule has 7 nitrogen and oxygen atoms in total. The second-order valence-corrected chi connectivity index (χ2v) is 6.36. The van der Waals surface area contributed by atoms with Crippen LogP contribution in [-0.4, -0.2) is 34.1 Å². The summed E-state index contributed by atoms with van der Waals surface area (Å²) in [5.41, 5.74) is 9.01. The predicted octanol–water partition coefficient (Wildman–Crippen LogP) is 2.31. The molecule has 4 N–H and O–H groups in total. The molecule has 1 aliphatic rings. The number of piperidine rings is 1. The minimum atomic E-state index is 0.342. The largest absolute Gasteiger partial charge is 0.383 e. The van der Waals surface area contributed by atoms with Gasteiger partial charge in [0, 0.05) is 11.6 Å². The summed E-state index contributed by atoms with van der Waals surface area (Å²) >= 11 is 0. The van der Waals surface area contributed by atoms with Gasteiger partial charge >= 0.3 is 0 Å². The fourth-order valence-electron chi connectivity index (χ4n) is 3.12. The molecule has 0 bridgehead atoms. The molecule has 1 saturated heterocycles. The SMILES string of the molecule is N#Cc1ccc(-c2ccc3c(N)nc(NC4CCNCC4)nc3n2)cc1. The van der Waals surface area contributed by atoms with E-state index in [0.29, 0.717) is 29.0 Å². The van der Waals surface area contributed by atoms with Crippen LogP contribution in [0.3, 0.4) is 0 Å². The topological polar surface area (TPSA) is 113 Å². The number of hydrogen-bond donors (Lipinski definition) is 3.